The molecule has 1 aromatic carbocycles. The van der Waals surface area contributed by atoms with Crippen LogP contribution in [0.3, 0.4) is 0 Å². The van der Waals surface area contributed by atoms with Crippen LogP contribution in [-0.4, -0.2) is 25.1 Å². The van der Waals surface area contributed by atoms with Crippen molar-refractivity contribution in [2.45, 2.75) is 32.4 Å². The summed E-state index contributed by atoms with van der Waals surface area (Å²) >= 11 is 5.51. The van der Waals surface area contributed by atoms with Gasteiger partial charge in [0.15, 0.2) is 0 Å². The van der Waals surface area contributed by atoms with Crippen LogP contribution < -0.4 is 10.6 Å². The standard InChI is InChI=1S/C14H23BrN2S/c1-5-11(9-18-4)17(3)12-6-7-13(10(2)16)14(15)8-12/h6-8,10-11H,5,9,16H2,1-4H3. The Morgan fingerprint density at radius 3 is 2.56 bits per heavy atom. The minimum Gasteiger partial charge on any atom is -0.371 e. The monoisotopic (exact) mass is 330 g/mol. The molecule has 0 saturated carbocycles. The second-order valence-electron chi connectivity index (χ2n) is 4.62. The van der Waals surface area contributed by atoms with E-state index in [1.54, 1.807) is 0 Å². The Bertz CT molecular complexity index is 382. The minimum atomic E-state index is 0.0619. The van der Waals surface area contributed by atoms with E-state index in [4.69, 9.17) is 5.73 Å². The van der Waals surface area contributed by atoms with E-state index >= 15 is 0 Å². The number of benzene rings is 1. The summed E-state index contributed by atoms with van der Waals surface area (Å²) in [6, 6.07) is 7.08. The average Bonchev–Trinajstić information content (AvgIpc) is 2.34. The Hall–Kier alpha value is -0.190. The SMILES string of the molecule is CCC(CSC)N(C)c1ccc(C(C)N)c(Br)c1. The Kier molecular flexibility index (Phi) is 6.53. The van der Waals surface area contributed by atoms with Crippen LogP contribution in [0.15, 0.2) is 22.7 Å². The Balaban J connectivity index is 2.92. The van der Waals surface area contributed by atoms with E-state index in [1.807, 2.05) is 18.7 Å². The lowest BCUT2D eigenvalue weighted by atomic mass is 10.1. The van der Waals surface area contributed by atoms with Crippen molar-refractivity contribution in [1.82, 2.24) is 0 Å². The Morgan fingerprint density at radius 2 is 2.11 bits per heavy atom. The molecule has 0 saturated heterocycles. The molecular weight excluding hydrogens is 308 g/mol. The molecular formula is C14H23BrN2S. The van der Waals surface area contributed by atoms with Crippen LogP contribution in [0.1, 0.15) is 31.9 Å². The summed E-state index contributed by atoms with van der Waals surface area (Å²) in [7, 11) is 2.16. The van der Waals surface area contributed by atoms with Crippen LogP contribution in [0.2, 0.25) is 0 Å². The second-order valence-corrected chi connectivity index (χ2v) is 6.39. The molecule has 0 aliphatic carbocycles. The van der Waals surface area contributed by atoms with Gasteiger partial charge in [-0.25, -0.2) is 0 Å². The third-order valence-electron chi connectivity index (χ3n) is 3.26. The lowest BCUT2D eigenvalue weighted by Gasteiger charge is -2.29. The van der Waals surface area contributed by atoms with Gasteiger partial charge in [0.05, 0.1) is 0 Å². The zero-order valence-electron chi connectivity index (χ0n) is 11.6. The van der Waals surface area contributed by atoms with Crippen molar-refractivity contribution in [2.75, 3.05) is 24.0 Å². The third-order valence-corrected chi connectivity index (χ3v) is 4.66. The maximum Gasteiger partial charge on any atom is 0.0377 e. The van der Waals surface area contributed by atoms with E-state index in [9.17, 15) is 0 Å². The van der Waals surface area contributed by atoms with Crippen LogP contribution in [0.5, 0.6) is 0 Å². The van der Waals surface area contributed by atoms with Gasteiger partial charge in [-0.2, -0.15) is 11.8 Å². The highest BCUT2D eigenvalue weighted by atomic mass is 79.9. The van der Waals surface area contributed by atoms with Crippen molar-refractivity contribution >= 4 is 33.4 Å². The average molecular weight is 331 g/mol. The van der Waals surface area contributed by atoms with Crippen LogP contribution in [-0.2, 0) is 0 Å². The lowest BCUT2D eigenvalue weighted by molar-refractivity contribution is 0.672. The molecule has 0 aliphatic heterocycles. The molecule has 0 fully saturated rings. The summed E-state index contributed by atoms with van der Waals surface area (Å²) in [5.41, 5.74) is 8.33. The molecule has 0 aliphatic rings. The van der Waals surface area contributed by atoms with Crippen molar-refractivity contribution in [3.8, 4) is 0 Å². The summed E-state index contributed by atoms with van der Waals surface area (Å²) < 4.78 is 1.10. The van der Waals surface area contributed by atoms with E-state index in [2.05, 4.69) is 59.3 Å². The molecule has 1 rings (SSSR count). The van der Waals surface area contributed by atoms with Gasteiger partial charge in [-0.05, 0) is 37.3 Å². The van der Waals surface area contributed by atoms with Gasteiger partial charge in [-0.15, -0.1) is 0 Å². The summed E-state index contributed by atoms with van der Waals surface area (Å²) in [4.78, 5) is 2.35. The molecule has 2 unspecified atom stereocenters. The first-order valence-electron chi connectivity index (χ1n) is 6.28. The lowest BCUT2D eigenvalue weighted by Crippen LogP contribution is -2.33. The van der Waals surface area contributed by atoms with Crippen LogP contribution >= 0.6 is 27.7 Å². The van der Waals surface area contributed by atoms with Gasteiger partial charge in [0.1, 0.15) is 0 Å². The number of nitrogens with two attached hydrogens (primary N) is 1. The fourth-order valence-corrected chi connectivity index (χ4v) is 3.58. The van der Waals surface area contributed by atoms with Crippen molar-refractivity contribution in [3.05, 3.63) is 28.2 Å². The molecule has 1 aromatic rings. The first-order chi connectivity index (χ1) is 8.51. The smallest absolute Gasteiger partial charge is 0.0377 e. The topological polar surface area (TPSA) is 29.3 Å². The maximum atomic E-state index is 5.93. The second kappa shape index (κ2) is 7.41. The molecule has 0 spiro atoms. The fraction of sp³-hybridized carbons (Fsp3) is 0.571. The highest BCUT2D eigenvalue weighted by molar-refractivity contribution is 9.10. The number of nitrogens with zero attached hydrogens (tertiary/aromatic N) is 1. The molecule has 0 radical (unpaired) electrons. The van der Waals surface area contributed by atoms with E-state index in [0.29, 0.717) is 6.04 Å². The Labute approximate surface area is 123 Å². The van der Waals surface area contributed by atoms with Crippen LogP contribution in [0.4, 0.5) is 5.69 Å². The summed E-state index contributed by atoms with van der Waals surface area (Å²) in [5, 5.41) is 0. The van der Waals surface area contributed by atoms with Crippen LogP contribution in [0, 0.1) is 0 Å². The number of halogens is 1. The number of thioether (sulfide) groups is 1. The fourth-order valence-electron chi connectivity index (χ4n) is 2.01. The zero-order valence-corrected chi connectivity index (χ0v) is 14.0. The zero-order chi connectivity index (χ0) is 13.7. The van der Waals surface area contributed by atoms with Crippen molar-refractivity contribution < 1.29 is 0 Å². The largest absolute Gasteiger partial charge is 0.371 e. The van der Waals surface area contributed by atoms with Gasteiger partial charge < -0.3 is 10.6 Å². The summed E-state index contributed by atoms with van der Waals surface area (Å²) in [6.45, 7) is 4.24. The molecule has 0 heterocycles. The van der Waals surface area contributed by atoms with Crippen molar-refractivity contribution in [1.29, 1.82) is 0 Å². The summed E-state index contributed by atoms with van der Waals surface area (Å²) in [5.74, 6) is 1.15. The molecule has 18 heavy (non-hydrogen) atoms. The minimum absolute atomic E-state index is 0.0619. The van der Waals surface area contributed by atoms with E-state index < -0.39 is 0 Å². The molecule has 0 bridgehead atoms. The number of rotatable bonds is 6. The number of hydrogen-bond acceptors (Lipinski definition) is 3. The molecule has 2 N–H and O–H groups in total. The molecule has 0 amide bonds. The molecule has 0 aromatic heterocycles. The number of hydrogen-bond donors (Lipinski definition) is 1. The summed E-state index contributed by atoms with van der Waals surface area (Å²) in [6.07, 6.45) is 3.32. The third kappa shape index (κ3) is 3.90. The van der Waals surface area contributed by atoms with Crippen molar-refractivity contribution in [3.63, 3.8) is 0 Å². The predicted octanol–water partition coefficient (Wildman–Crippen LogP) is 4.05. The van der Waals surface area contributed by atoms with Crippen molar-refractivity contribution in [2.24, 2.45) is 5.73 Å². The van der Waals surface area contributed by atoms with Crippen LogP contribution in [0.25, 0.3) is 0 Å². The van der Waals surface area contributed by atoms with E-state index in [1.165, 1.54) is 5.69 Å². The highest BCUT2D eigenvalue weighted by Gasteiger charge is 2.14. The van der Waals surface area contributed by atoms with Gasteiger partial charge in [-0.3, -0.25) is 0 Å². The Morgan fingerprint density at radius 1 is 1.44 bits per heavy atom. The highest BCUT2D eigenvalue weighted by Crippen LogP contribution is 2.28. The maximum absolute atomic E-state index is 5.93. The predicted molar refractivity (Wildman–Crippen MR) is 87.6 cm³/mol. The first kappa shape index (κ1) is 15.9. The van der Waals surface area contributed by atoms with E-state index in [-0.39, 0.29) is 6.04 Å². The van der Waals surface area contributed by atoms with Gasteiger partial charge >= 0.3 is 0 Å². The normalized spacial score (nSPS) is 14.3. The van der Waals surface area contributed by atoms with E-state index in [0.717, 1.165) is 22.2 Å². The van der Waals surface area contributed by atoms with Gasteiger partial charge in [0.25, 0.3) is 0 Å². The number of anilines is 1. The van der Waals surface area contributed by atoms with Gasteiger partial charge in [0, 0.05) is 35.0 Å². The quantitative estimate of drug-likeness (QED) is 0.853. The molecule has 2 nitrogen and oxygen atoms in total. The first-order valence-corrected chi connectivity index (χ1v) is 8.46. The molecule has 2 atom stereocenters. The molecule has 4 heteroatoms. The van der Waals surface area contributed by atoms with Gasteiger partial charge in [-0.1, -0.05) is 28.9 Å². The molecule has 102 valence electrons. The van der Waals surface area contributed by atoms with Gasteiger partial charge in [0.2, 0.25) is 0 Å².